The Hall–Kier alpha value is -5.71. The summed E-state index contributed by atoms with van der Waals surface area (Å²) in [6.07, 6.45) is -0.436. The number of rotatable bonds is 4. The maximum Gasteiger partial charge on any atom is 0.0547 e. The van der Waals surface area contributed by atoms with Gasteiger partial charge in [-0.25, -0.2) is 0 Å². The number of nitrogens with zero attached hydrogens (tertiary/aromatic N) is 3. The zero-order chi connectivity index (χ0) is 29.7. The normalized spacial score (nSPS) is 16.7. The Morgan fingerprint density at radius 3 is 2.07 bits per heavy atom. The van der Waals surface area contributed by atoms with Crippen LogP contribution in [0.25, 0.3) is 54.4 Å². The lowest BCUT2D eigenvalue weighted by atomic mass is 10.0. The Morgan fingerprint density at radius 2 is 1.22 bits per heavy atom. The highest BCUT2D eigenvalue weighted by Gasteiger charge is 2.20. The van der Waals surface area contributed by atoms with Gasteiger partial charge in [0.2, 0.25) is 0 Å². The number of aliphatic imine (C=N–C) groups is 1. The molecule has 0 saturated carbocycles. The standard InChI is InChI=1S/C41H29N4/c1-3-12-27(13-4-1)39-42-40(28-14-5-2-6-15-28)44-41(43-39)32-22-23-33-31(24-32)18-11-21-36(33)45-37-20-10-9-19-34(37)35-25-29-16-7-8-17-30(29)26-38(35)45/h1-26,39,41,43H/q-1. The largest absolute Gasteiger partial charge is 0.445 e. The molecule has 2 atom stereocenters. The maximum atomic E-state index is 5.12. The van der Waals surface area contributed by atoms with E-state index in [9.17, 15) is 0 Å². The Balaban J connectivity index is 1.18. The molecule has 0 fully saturated rings. The molecule has 0 radical (unpaired) electrons. The second kappa shape index (κ2) is 10.5. The summed E-state index contributed by atoms with van der Waals surface area (Å²) in [5, 5.41) is 16.2. The summed E-state index contributed by atoms with van der Waals surface area (Å²) < 4.78 is 2.42. The number of para-hydroxylation sites is 1. The summed E-state index contributed by atoms with van der Waals surface area (Å²) >= 11 is 0. The first kappa shape index (κ1) is 25.8. The van der Waals surface area contributed by atoms with E-state index in [4.69, 9.17) is 10.3 Å². The first-order valence-corrected chi connectivity index (χ1v) is 15.4. The van der Waals surface area contributed by atoms with Gasteiger partial charge in [0, 0.05) is 28.5 Å². The van der Waals surface area contributed by atoms with Gasteiger partial charge in [-0.05, 0) is 63.2 Å². The molecule has 1 aromatic heterocycles. The van der Waals surface area contributed by atoms with Gasteiger partial charge in [-0.2, -0.15) is 0 Å². The molecule has 7 aromatic carbocycles. The molecule has 4 nitrogen and oxygen atoms in total. The van der Waals surface area contributed by atoms with Gasteiger partial charge in [-0.3, -0.25) is 0 Å². The first-order valence-electron chi connectivity index (χ1n) is 15.4. The third-order valence-corrected chi connectivity index (χ3v) is 8.94. The smallest absolute Gasteiger partial charge is 0.0547 e. The molecular weight excluding hydrogens is 548 g/mol. The van der Waals surface area contributed by atoms with Crippen molar-refractivity contribution in [2.45, 2.75) is 12.3 Å². The summed E-state index contributed by atoms with van der Waals surface area (Å²) in [6, 6.07) is 56.0. The fourth-order valence-electron chi connectivity index (χ4n) is 6.78. The predicted octanol–water partition coefficient (Wildman–Crippen LogP) is 10.2. The van der Waals surface area contributed by atoms with Crippen LogP contribution in [0.2, 0.25) is 0 Å². The average molecular weight is 578 g/mol. The predicted molar refractivity (Wildman–Crippen MR) is 187 cm³/mol. The molecular formula is C41H29N4-. The van der Waals surface area contributed by atoms with Crippen molar-refractivity contribution in [2.75, 3.05) is 0 Å². The van der Waals surface area contributed by atoms with Crippen LogP contribution in [0.1, 0.15) is 29.0 Å². The summed E-state index contributed by atoms with van der Waals surface area (Å²) in [7, 11) is 0. The fourth-order valence-corrected chi connectivity index (χ4v) is 6.78. The summed E-state index contributed by atoms with van der Waals surface area (Å²) in [6.45, 7) is 0. The Bertz CT molecular complexity index is 2390. The second-order valence-corrected chi connectivity index (χ2v) is 11.7. The van der Waals surface area contributed by atoms with Crippen LogP contribution in [0.5, 0.6) is 0 Å². The van der Waals surface area contributed by atoms with Gasteiger partial charge in [-0.15, -0.1) is 0 Å². The lowest BCUT2D eigenvalue weighted by molar-refractivity contribution is 0.488. The minimum atomic E-state index is -0.240. The van der Waals surface area contributed by atoms with Crippen LogP contribution in [-0.2, 0) is 0 Å². The number of hydrogen-bond donors (Lipinski definition) is 1. The molecule has 0 spiro atoms. The molecule has 0 bridgehead atoms. The number of benzene rings is 7. The van der Waals surface area contributed by atoms with E-state index >= 15 is 0 Å². The summed E-state index contributed by atoms with van der Waals surface area (Å²) in [4.78, 5) is 5.02. The van der Waals surface area contributed by atoms with Crippen molar-refractivity contribution in [3.8, 4) is 5.69 Å². The highest BCUT2D eigenvalue weighted by Crippen LogP contribution is 2.38. The molecule has 8 aromatic rings. The van der Waals surface area contributed by atoms with Crippen LogP contribution in [0, 0.1) is 0 Å². The van der Waals surface area contributed by atoms with Gasteiger partial charge in [0.15, 0.2) is 0 Å². The quantitative estimate of drug-likeness (QED) is 0.222. The first-order chi connectivity index (χ1) is 22.3. The maximum absolute atomic E-state index is 5.12. The van der Waals surface area contributed by atoms with Crippen molar-refractivity contribution in [1.29, 1.82) is 0 Å². The molecule has 0 saturated heterocycles. The average Bonchev–Trinajstić information content (AvgIpc) is 3.43. The minimum absolute atomic E-state index is 0.196. The molecule has 2 heterocycles. The molecule has 1 aliphatic rings. The Kier molecular flexibility index (Phi) is 6.00. The molecule has 1 aliphatic heterocycles. The van der Waals surface area contributed by atoms with Gasteiger partial charge in [-0.1, -0.05) is 133 Å². The van der Waals surface area contributed by atoms with Crippen LogP contribution in [0.4, 0.5) is 0 Å². The van der Waals surface area contributed by atoms with Crippen molar-refractivity contribution in [3.63, 3.8) is 0 Å². The van der Waals surface area contributed by atoms with Gasteiger partial charge >= 0.3 is 0 Å². The highest BCUT2D eigenvalue weighted by atomic mass is 15.3. The topological polar surface area (TPSA) is 43.4 Å². The van der Waals surface area contributed by atoms with Crippen molar-refractivity contribution < 1.29 is 0 Å². The monoisotopic (exact) mass is 577 g/mol. The lowest BCUT2D eigenvalue weighted by Gasteiger charge is -2.40. The molecule has 45 heavy (non-hydrogen) atoms. The zero-order valence-corrected chi connectivity index (χ0v) is 24.5. The van der Waals surface area contributed by atoms with Crippen molar-refractivity contribution in [2.24, 2.45) is 4.99 Å². The third kappa shape index (κ3) is 4.38. The van der Waals surface area contributed by atoms with E-state index in [2.05, 4.69) is 143 Å². The number of nitrogens with one attached hydrogen (secondary N) is 1. The Labute approximate surface area is 261 Å². The van der Waals surface area contributed by atoms with Crippen LogP contribution < -0.4 is 5.32 Å². The van der Waals surface area contributed by atoms with Gasteiger partial charge in [0.1, 0.15) is 0 Å². The van der Waals surface area contributed by atoms with E-state index in [1.54, 1.807) is 0 Å². The fraction of sp³-hybridized carbons (Fsp3) is 0.0488. The lowest BCUT2D eigenvalue weighted by Crippen LogP contribution is -2.31. The Morgan fingerprint density at radius 1 is 0.511 bits per heavy atom. The van der Waals surface area contributed by atoms with Crippen LogP contribution in [0.3, 0.4) is 0 Å². The van der Waals surface area contributed by atoms with E-state index in [0.29, 0.717) is 0 Å². The number of hydrogen-bond acceptors (Lipinski definition) is 2. The van der Waals surface area contributed by atoms with Crippen molar-refractivity contribution >= 4 is 49.2 Å². The summed E-state index contributed by atoms with van der Waals surface area (Å²) in [5.41, 5.74) is 6.84. The van der Waals surface area contributed by atoms with Crippen LogP contribution >= 0.6 is 0 Å². The molecule has 214 valence electrons. The van der Waals surface area contributed by atoms with E-state index < -0.39 is 0 Å². The third-order valence-electron chi connectivity index (χ3n) is 8.94. The highest BCUT2D eigenvalue weighted by molar-refractivity contribution is 6.14. The van der Waals surface area contributed by atoms with E-state index in [1.165, 1.54) is 49.0 Å². The van der Waals surface area contributed by atoms with E-state index in [-0.39, 0.29) is 12.3 Å². The van der Waals surface area contributed by atoms with Gasteiger partial charge in [0.05, 0.1) is 16.7 Å². The molecule has 0 aliphatic carbocycles. The van der Waals surface area contributed by atoms with E-state index in [1.807, 2.05) is 24.3 Å². The van der Waals surface area contributed by atoms with Crippen molar-refractivity contribution in [3.05, 3.63) is 180 Å². The second-order valence-electron chi connectivity index (χ2n) is 11.7. The SMILES string of the molecule is c1ccc(C2=NC(c3ccccc3)NC(c3ccc4c(-n5c6ccccc6c6cc7ccccc7cc65)cccc4c3)[N-]2)cc1. The van der Waals surface area contributed by atoms with E-state index in [0.717, 1.165) is 22.5 Å². The minimum Gasteiger partial charge on any atom is -0.445 e. The number of fused-ring (bicyclic) bond motifs is 5. The van der Waals surface area contributed by atoms with Gasteiger partial charge < -0.3 is 20.2 Å². The van der Waals surface area contributed by atoms with Crippen LogP contribution in [-0.4, -0.2) is 10.4 Å². The van der Waals surface area contributed by atoms with Gasteiger partial charge in [0.25, 0.3) is 0 Å². The molecule has 2 unspecified atom stereocenters. The van der Waals surface area contributed by atoms with Crippen LogP contribution in [0.15, 0.2) is 163 Å². The molecule has 9 rings (SSSR count). The molecule has 0 amide bonds. The number of aromatic nitrogens is 1. The molecule has 4 heteroatoms. The number of amidine groups is 1. The van der Waals surface area contributed by atoms with Crippen molar-refractivity contribution in [1.82, 2.24) is 9.88 Å². The summed E-state index contributed by atoms with van der Waals surface area (Å²) in [5.74, 6) is 0.763. The zero-order valence-electron chi connectivity index (χ0n) is 24.5. The molecule has 1 N–H and O–H groups in total.